The van der Waals surface area contributed by atoms with E-state index >= 15 is 0 Å². The molecule has 0 aliphatic heterocycles. The van der Waals surface area contributed by atoms with Gasteiger partial charge < -0.3 is 0 Å². The minimum Gasteiger partial charge on any atom is -0.281 e. The fourth-order valence-corrected chi connectivity index (χ4v) is 4.67. The second kappa shape index (κ2) is 8.41. The predicted octanol–water partition coefficient (Wildman–Crippen LogP) is 5.94. The normalized spacial score (nSPS) is 34.9. The zero-order valence-electron chi connectivity index (χ0n) is 13.1. The number of carbonyl (C=O) groups is 1. The molecule has 0 unspecified atom stereocenters. The van der Waals surface area contributed by atoms with Crippen LogP contribution in [0, 0.1) is 23.7 Å². The summed E-state index contributed by atoms with van der Waals surface area (Å²) in [5, 5.41) is -0.0944. The average molecular weight is 299 g/mol. The van der Waals surface area contributed by atoms with Gasteiger partial charge in [-0.05, 0) is 67.9 Å². The van der Waals surface area contributed by atoms with Crippen molar-refractivity contribution in [3.05, 3.63) is 0 Å². The molecule has 0 N–H and O–H groups in total. The Morgan fingerprint density at radius 3 is 1.95 bits per heavy atom. The maximum absolute atomic E-state index is 11.2. The van der Waals surface area contributed by atoms with Gasteiger partial charge in [0.05, 0.1) is 0 Å². The van der Waals surface area contributed by atoms with Crippen LogP contribution in [-0.2, 0) is 4.79 Å². The molecular weight excluding hydrogens is 268 g/mol. The Morgan fingerprint density at radius 2 is 1.45 bits per heavy atom. The van der Waals surface area contributed by atoms with Crippen LogP contribution in [0.3, 0.4) is 0 Å². The van der Waals surface area contributed by atoms with Crippen molar-refractivity contribution in [1.29, 1.82) is 0 Å². The Hall–Kier alpha value is -0.0400. The van der Waals surface area contributed by atoms with Crippen molar-refractivity contribution in [3.63, 3.8) is 0 Å². The van der Waals surface area contributed by atoms with Gasteiger partial charge >= 0.3 is 0 Å². The lowest BCUT2D eigenvalue weighted by Gasteiger charge is -2.37. The van der Waals surface area contributed by atoms with E-state index in [1.54, 1.807) is 0 Å². The molecule has 0 saturated heterocycles. The first kappa shape index (κ1) is 16.3. The summed E-state index contributed by atoms with van der Waals surface area (Å²) in [6.07, 6.45) is 16.1. The summed E-state index contributed by atoms with van der Waals surface area (Å²) in [6.45, 7) is 2.29. The van der Waals surface area contributed by atoms with Gasteiger partial charge in [-0.25, -0.2) is 0 Å². The van der Waals surface area contributed by atoms with Crippen molar-refractivity contribution in [2.24, 2.45) is 23.7 Å². The van der Waals surface area contributed by atoms with Gasteiger partial charge in [0.1, 0.15) is 0 Å². The highest BCUT2D eigenvalue weighted by atomic mass is 35.5. The lowest BCUT2D eigenvalue weighted by molar-refractivity contribution is -0.116. The standard InChI is InChI=1S/C18H31ClO/c1-2-3-4-5-14-6-8-15(9-7-14)16-10-12-17(13-11-16)18(19)20/h14-17H,2-13H2,1H3. The molecule has 0 amide bonds. The quantitative estimate of drug-likeness (QED) is 0.438. The highest BCUT2D eigenvalue weighted by Crippen LogP contribution is 2.42. The minimum absolute atomic E-state index is 0.0944. The van der Waals surface area contributed by atoms with E-state index in [2.05, 4.69) is 6.92 Å². The average Bonchev–Trinajstić information content (AvgIpc) is 2.48. The lowest BCUT2D eigenvalue weighted by atomic mass is 9.69. The molecule has 0 spiro atoms. The van der Waals surface area contributed by atoms with Crippen LogP contribution in [0.4, 0.5) is 0 Å². The lowest BCUT2D eigenvalue weighted by Crippen LogP contribution is -2.27. The second-order valence-corrected chi connectivity index (χ2v) is 7.56. The number of halogens is 1. The number of unbranched alkanes of at least 4 members (excludes halogenated alkanes) is 2. The molecule has 0 heterocycles. The van der Waals surface area contributed by atoms with Crippen LogP contribution in [0.5, 0.6) is 0 Å². The van der Waals surface area contributed by atoms with Crippen LogP contribution in [-0.4, -0.2) is 5.24 Å². The maximum Gasteiger partial charge on any atom is 0.224 e. The molecule has 0 aromatic heterocycles. The topological polar surface area (TPSA) is 17.1 Å². The van der Waals surface area contributed by atoms with Crippen molar-refractivity contribution >= 4 is 16.8 Å². The van der Waals surface area contributed by atoms with Crippen LogP contribution in [0.25, 0.3) is 0 Å². The molecular formula is C18H31ClO. The predicted molar refractivity (Wildman–Crippen MR) is 85.9 cm³/mol. The zero-order chi connectivity index (χ0) is 14.4. The molecule has 0 atom stereocenters. The molecule has 116 valence electrons. The molecule has 0 bridgehead atoms. The van der Waals surface area contributed by atoms with E-state index in [9.17, 15) is 4.79 Å². The first-order valence-electron chi connectivity index (χ1n) is 8.90. The minimum atomic E-state index is -0.0944. The third kappa shape index (κ3) is 4.76. The fourth-order valence-electron chi connectivity index (χ4n) is 4.45. The van der Waals surface area contributed by atoms with Gasteiger partial charge in [-0.15, -0.1) is 0 Å². The van der Waals surface area contributed by atoms with Gasteiger partial charge in [-0.2, -0.15) is 0 Å². The Morgan fingerprint density at radius 1 is 0.900 bits per heavy atom. The Kier molecular flexibility index (Phi) is 6.87. The van der Waals surface area contributed by atoms with E-state index in [-0.39, 0.29) is 11.2 Å². The molecule has 2 heteroatoms. The van der Waals surface area contributed by atoms with Crippen LogP contribution in [0.1, 0.15) is 84.0 Å². The number of hydrogen-bond acceptors (Lipinski definition) is 1. The van der Waals surface area contributed by atoms with Gasteiger partial charge in [-0.3, -0.25) is 4.79 Å². The number of hydrogen-bond donors (Lipinski definition) is 0. The molecule has 2 fully saturated rings. The molecule has 2 saturated carbocycles. The van der Waals surface area contributed by atoms with Crippen LogP contribution in [0.2, 0.25) is 0 Å². The summed E-state index contributed by atoms with van der Waals surface area (Å²) in [7, 11) is 0. The van der Waals surface area contributed by atoms with E-state index in [1.165, 1.54) is 64.2 Å². The van der Waals surface area contributed by atoms with Gasteiger partial charge in [0, 0.05) is 5.92 Å². The fraction of sp³-hybridized carbons (Fsp3) is 0.944. The van der Waals surface area contributed by atoms with Crippen molar-refractivity contribution in [1.82, 2.24) is 0 Å². The highest BCUT2D eigenvalue weighted by molar-refractivity contribution is 6.63. The molecule has 0 radical (unpaired) electrons. The van der Waals surface area contributed by atoms with Crippen molar-refractivity contribution in [2.75, 3.05) is 0 Å². The zero-order valence-corrected chi connectivity index (χ0v) is 13.8. The monoisotopic (exact) mass is 298 g/mol. The first-order chi connectivity index (χ1) is 9.70. The van der Waals surface area contributed by atoms with Crippen molar-refractivity contribution in [3.8, 4) is 0 Å². The van der Waals surface area contributed by atoms with Gasteiger partial charge in [-0.1, -0.05) is 45.4 Å². The molecule has 1 nitrogen and oxygen atoms in total. The van der Waals surface area contributed by atoms with E-state index in [0.717, 1.165) is 30.6 Å². The highest BCUT2D eigenvalue weighted by Gasteiger charge is 2.32. The third-order valence-electron chi connectivity index (χ3n) is 5.87. The summed E-state index contributed by atoms with van der Waals surface area (Å²) in [5.74, 6) is 3.01. The third-order valence-corrected chi connectivity index (χ3v) is 6.18. The van der Waals surface area contributed by atoms with E-state index in [0.29, 0.717) is 0 Å². The molecule has 20 heavy (non-hydrogen) atoms. The van der Waals surface area contributed by atoms with Crippen molar-refractivity contribution in [2.45, 2.75) is 84.0 Å². The van der Waals surface area contributed by atoms with E-state index in [4.69, 9.17) is 11.6 Å². The number of carbonyl (C=O) groups excluding carboxylic acids is 1. The summed E-state index contributed by atoms with van der Waals surface area (Å²) in [6, 6.07) is 0. The van der Waals surface area contributed by atoms with Gasteiger partial charge in [0.2, 0.25) is 5.24 Å². The van der Waals surface area contributed by atoms with Crippen molar-refractivity contribution < 1.29 is 4.79 Å². The molecule has 2 aliphatic carbocycles. The largest absolute Gasteiger partial charge is 0.281 e. The SMILES string of the molecule is CCCCCC1CCC(C2CCC(C(=O)Cl)CC2)CC1. The second-order valence-electron chi connectivity index (χ2n) is 7.19. The smallest absolute Gasteiger partial charge is 0.224 e. The summed E-state index contributed by atoms with van der Waals surface area (Å²) in [4.78, 5) is 11.2. The number of rotatable bonds is 6. The summed E-state index contributed by atoms with van der Waals surface area (Å²) >= 11 is 5.63. The van der Waals surface area contributed by atoms with Crippen LogP contribution in [0.15, 0.2) is 0 Å². The molecule has 2 aliphatic rings. The van der Waals surface area contributed by atoms with Gasteiger partial charge in [0.15, 0.2) is 0 Å². The molecule has 2 rings (SSSR count). The summed E-state index contributed by atoms with van der Waals surface area (Å²) < 4.78 is 0. The Labute approximate surface area is 129 Å². The van der Waals surface area contributed by atoms with Crippen LogP contribution < -0.4 is 0 Å². The Balaban J connectivity index is 1.65. The molecule has 0 aromatic rings. The van der Waals surface area contributed by atoms with E-state index in [1.807, 2.05) is 0 Å². The van der Waals surface area contributed by atoms with Gasteiger partial charge in [0.25, 0.3) is 0 Å². The Bertz CT molecular complexity index is 286. The van der Waals surface area contributed by atoms with E-state index < -0.39 is 0 Å². The maximum atomic E-state index is 11.2. The first-order valence-corrected chi connectivity index (χ1v) is 9.27. The molecule has 0 aromatic carbocycles. The van der Waals surface area contributed by atoms with Crippen LogP contribution >= 0.6 is 11.6 Å². The summed E-state index contributed by atoms with van der Waals surface area (Å²) in [5.41, 5.74) is 0.